The van der Waals surface area contributed by atoms with Gasteiger partial charge in [0.05, 0.1) is 23.8 Å². The highest BCUT2D eigenvalue weighted by Gasteiger charge is 2.10. The fraction of sp³-hybridized carbons (Fsp3) is 0.600. The van der Waals surface area contributed by atoms with Crippen LogP contribution in [-0.4, -0.2) is 18.6 Å². The van der Waals surface area contributed by atoms with E-state index in [1.807, 2.05) is 0 Å². The molecular weight excluding hydrogens is 256 g/mol. The Bertz CT molecular complexity index is 422. The van der Waals surface area contributed by atoms with E-state index in [4.69, 9.17) is 4.74 Å². The second-order valence-corrected chi connectivity index (χ2v) is 4.84. The molecule has 112 valence electrons. The minimum atomic E-state index is -0.417. The largest absolute Gasteiger partial charge is 0.494 e. The molecule has 5 heteroatoms. The van der Waals surface area contributed by atoms with Crippen LogP contribution in [0.5, 0.6) is 5.75 Å². The molecule has 1 aromatic rings. The quantitative estimate of drug-likeness (QED) is 0.392. The minimum absolute atomic E-state index is 0.0481. The maximum absolute atomic E-state index is 10.7. The third kappa shape index (κ3) is 5.47. The van der Waals surface area contributed by atoms with Crippen LogP contribution >= 0.6 is 0 Å². The first-order valence-corrected chi connectivity index (χ1v) is 7.25. The Hall–Kier alpha value is -1.78. The Morgan fingerprint density at radius 1 is 1.20 bits per heavy atom. The molecule has 0 spiro atoms. The van der Waals surface area contributed by atoms with Crippen LogP contribution in [0.1, 0.15) is 45.4 Å². The van der Waals surface area contributed by atoms with Gasteiger partial charge >= 0.3 is 0 Å². The van der Waals surface area contributed by atoms with Gasteiger partial charge in [-0.05, 0) is 12.5 Å². The molecule has 5 nitrogen and oxygen atoms in total. The number of rotatable bonds is 10. The molecule has 0 amide bonds. The normalized spacial score (nSPS) is 10.3. The van der Waals surface area contributed by atoms with Crippen LogP contribution < -0.4 is 10.1 Å². The van der Waals surface area contributed by atoms with Gasteiger partial charge in [-0.25, -0.2) is 0 Å². The zero-order chi connectivity index (χ0) is 14.8. The third-order valence-electron chi connectivity index (χ3n) is 3.24. The Balaban J connectivity index is 2.38. The highest BCUT2D eigenvalue weighted by atomic mass is 16.6. The molecule has 0 heterocycles. The molecule has 0 saturated heterocycles. The van der Waals surface area contributed by atoms with Crippen LogP contribution in [-0.2, 0) is 0 Å². The summed E-state index contributed by atoms with van der Waals surface area (Å²) in [6.07, 6.45) is 7.46. The summed E-state index contributed by atoms with van der Waals surface area (Å²) in [6.45, 7) is 3.07. The van der Waals surface area contributed by atoms with Crippen molar-refractivity contribution in [1.29, 1.82) is 0 Å². The van der Waals surface area contributed by atoms with Crippen LogP contribution in [0.25, 0.3) is 0 Å². The van der Waals surface area contributed by atoms with Gasteiger partial charge in [0.1, 0.15) is 5.75 Å². The third-order valence-corrected chi connectivity index (χ3v) is 3.24. The molecule has 1 aromatic carbocycles. The smallest absolute Gasteiger partial charge is 0.273 e. The topological polar surface area (TPSA) is 64.4 Å². The van der Waals surface area contributed by atoms with Crippen LogP contribution in [0, 0.1) is 10.1 Å². The van der Waals surface area contributed by atoms with Crippen LogP contribution in [0.4, 0.5) is 11.4 Å². The number of non-ortho nitro benzene ring substituents is 1. The molecule has 0 aliphatic carbocycles. The van der Waals surface area contributed by atoms with E-state index in [0.717, 1.165) is 18.7 Å². The van der Waals surface area contributed by atoms with Crippen molar-refractivity contribution in [2.75, 3.05) is 19.0 Å². The highest BCUT2D eigenvalue weighted by Crippen LogP contribution is 2.28. The van der Waals surface area contributed by atoms with Gasteiger partial charge in [0.25, 0.3) is 5.69 Å². The molecule has 20 heavy (non-hydrogen) atoms. The molecule has 0 bridgehead atoms. The zero-order valence-corrected chi connectivity index (χ0v) is 12.4. The molecule has 0 saturated carbocycles. The number of ether oxygens (including phenoxy) is 1. The predicted molar refractivity (Wildman–Crippen MR) is 81.5 cm³/mol. The van der Waals surface area contributed by atoms with Gasteiger partial charge in [-0.15, -0.1) is 0 Å². The van der Waals surface area contributed by atoms with Crippen molar-refractivity contribution in [3.05, 3.63) is 28.3 Å². The second kappa shape index (κ2) is 9.18. The van der Waals surface area contributed by atoms with Gasteiger partial charge in [0, 0.05) is 12.6 Å². The lowest BCUT2D eigenvalue weighted by Gasteiger charge is -2.10. The summed E-state index contributed by atoms with van der Waals surface area (Å²) < 4.78 is 5.18. The lowest BCUT2D eigenvalue weighted by molar-refractivity contribution is -0.384. The first-order chi connectivity index (χ1) is 9.69. The van der Waals surface area contributed by atoms with Gasteiger partial charge in [-0.2, -0.15) is 0 Å². The number of nitrogens with zero attached hydrogens (tertiary/aromatic N) is 1. The van der Waals surface area contributed by atoms with E-state index < -0.39 is 4.92 Å². The van der Waals surface area contributed by atoms with Gasteiger partial charge in [-0.1, -0.05) is 39.0 Å². The molecule has 0 aliphatic heterocycles. The van der Waals surface area contributed by atoms with Gasteiger partial charge in [0.2, 0.25) is 0 Å². The number of nitrogens with one attached hydrogen (secondary N) is 1. The molecule has 0 unspecified atom stereocenters. The summed E-state index contributed by atoms with van der Waals surface area (Å²) in [7, 11) is 1.52. The van der Waals surface area contributed by atoms with E-state index in [9.17, 15) is 10.1 Å². The molecule has 0 aromatic heterocycles. The van der Waals surface area contributed by atoms with E-state index in [2.05, 4.69) is 12.2 Å². The fourth-order valence-corrected chi connectivity index (χ4v) is 2.07. The summed E-state index contributed by atoms with van der Waals surface area (Å²) in [5, 5.41) is 14.0. The summed E-state index contributed by atoms with van der Waals surface area (Å²) in [6, 6.07) is 4.64. The number of anilines is 1. The molecule has 1 rings (SSSR count). The molecule has 0 atom stereocenters. The Kier molecular flexibility index (Phi) is 7.47. The number of hydrogen-bond donors (Lipinski definition) is 1. The molecule has 0 fully saturated rings. The average molecular weight is 280 g/mol. The number of unbranched alkanes of at least 4 members (excludes halogenated alkanes) is 5. The zero-order valence-electron chi connectivity index (χ0n) is 12.4. The average Bonchev–Trinajstić information content (AvgIpc) is 2.46. The van der Waals surface area contributed by atoms with Crippen LogP contribution in [0.2, 0.25) is 0 Å². The second-order valence-electron chi connectivity index (χ2n) is 4.84. The van der Waals surface area contributed by atoms with E-state index in [1.165, 1.54) is 51.3 Å². The molecule has 1 N–H and O–H groups in total. The van der Waals surface area contributed by atoms with E-state index >= 15 is 0 Å². The standard InChI is InChI=1S/C15H24N2O3/c1-3-4-5-6-7-8-11-16-14-10-9-13(17(18)19)12-15(14)20-2/h9-10,12,16H,3-8,11H2,1-2H3. The number of methoxy groups -OCH3 is 1. The van der Waals surface area contributed by atoms with E-state index in [0.29, 0.717) is 5.75 Å². The summed E-state index contributed by atoms with van der Waals surface area (Å²) in [4.78, 5) is 10.3. The summed E-state index contributed by atoms with van der Waals surface area (Å²) in [5.41, 5.74) is 0.860. The first kappa shape index (κ1) is 16.3. The van der Waals surface area contributed by atoms with Gasteiger partial charge in [-0.3, -0.25) is 10.1 Å². The van der Waals surface area contributed by atoms with Crippen molar-refractivity contribution in [3.8, 4) is 5.75 Å². The summed E-state index contributed by atoms with van der Waals surface area (Å²) in [5.74, 6) is 0.519. The van der Waals surface area contributed by atoms with E-state index in [-0.39, 0.29) is 5.69 Å². The maximum Gasteiger partial charge on any atom is 0.273 e. The SMILES string of the molecule is CCCCCCCCNc1ccc([N+](=O)[O-])cc1OC. The van der Waals surface area contributed by atoms with Crippen molar-refractivity contribution in [2.24, 2.45) is 0 Å². The summed E-state index contributed by atoms with van der Waals surface area (Å²) >= 11 is 0. The monoisotopic (exact) mass is 280 g/mol. The number of benzene rings is 1. The lowest BCUT2D eigenvalue weighted by atomic mass is 10.1. The fourth-order valence-electron chi connectivity index (χ4n) is 2.07. The van der Waals surface area contributed by atoms with E-state index in [1.54, 1.807) is 6.07 Å². The number of nitro benzene ring substituents is 1. The minimum Gasteiger partial charge on any atom is -0.494 e. The molecule has 0 radical (unpaired) electrons. The Labute approximate surface area is 120 Å². The molecule has 0 aliphatic rings. The van der Waals surface area contributed by atoms with Crippen molar-refractivity contribution in [2.45, 2.75) is 45.4 Å². The number of nitro groups is 1. The van der Waals surface area contributed by atoms with Crippen LogP contribution in [0.3, 0.4) is 0 Å². The lowest BCUT2D eigenvalue weighted by Crippen LogP contribution is -2.03. The first-order valence-electron chi connectivity index (χ1n) is 7.25. The highest BCUT2D eigenvalue weighted by molar-refractivity contribution is 5.60. The molecular formula is C15H24N2O3. The number of hydrogen-bond acceptors (Lipinski definition) is 4. The van der Waals surface area contributed by atoms with Crippen molar-refractivity contribution in [1.82, 2.24) is 0 Å². The maximum atomic E-state index is 10.7. The predicted octanol–water partition coefficient (Wildman–Crippen LogP) is 4.38. The van der Waals surface area contributed by atoms with Crippen molar-refractivity contribution < 1.29 is 9.66 Å². The Morgan fingerprint density at radius 2 is 1.90 bits per heavy atom. The van der Waals surface area contributed by atoms with Crippen LogP contribution in [0.15, 0.2) is 18.2 Å². The Morgan fingerprint density at radius 3 is 2.55 bits per heavy atom. The van der Waals surface area contributed by atoms with Crippen molar-refractivity contribution in [3.63, 3.8) is 0 Å². The van der Waals surface area contributed by atoms with Gasteiger partial charge < -0.3 is 10.1 Å². The van der Waals surface area contributed by atoms with Gasteiger partial charge in [0.15, 0.2) is 0 Å². The van der Waals surface area contributed by atoms with Crippen molar-refractivity contribution >= 4 is 11.4 Å².